The number of anilines is 2. The van der Waals surface area contributed by atoms with Crippen LogP contribution in [0.1, 0.15) is 45.6 Å². The molecule has 1 aliphatic rings. The lowest BCUT2D eigenvalue weighted by Crippen LogP contribution is -2.37. The van der Waals surface area contributed by atoms with Crippen molar-refractivity contribution >= 4 is 34.8 Å². The summed E-state index contributed by atoms with van der Waals surface area (Å²) in [6.07, 6.45) is 2.94. The van der Waals surface area contributed by atoms with Gasteiger partial charge in [-0.05, 0) is 92.8 Å². The summed E-state index contributed by atoms with van der Waals surface area (Å²) in [5, 5.41) is 6.28. The summed E-state index contributed by atoms with van der Waals surface area (Å²) in [5.74, 6) is -0.661. The van der Waals surface area contributed by atoms with E-state index in [1.165, 1.54) is 6.08 Å². The largest absolute Gasteiger partial charge is 0.381 e. The number of pyridine rings is 1. The Hall–Kier alpha value is -3.88. The third-order valence-electron chi connectivity index (χ3n) is 7.40. The van der Waals surface area contributed by atoms with Crippen LogP contribution in [0.5, 0.6) is 0 Å². The number of aromatic amines is 1. The van der Waals surface area contributed by atoms with Crippen molar-refractivity contribution in [1.29, 1.82) is 0 Å². The highest BCUT2D eigenvalue weighted by Gasteiger charge is 2.24. The van der Waals surface area contributed by atoms with E-state index >= 15 is 0 Å². The number of amides is 2. The van der Waals surface area contributed by atoms with Crippen molar-refractivity contribution < 1.29 is 14.3 Å². The summed E-state index contributed by atoms with van der Waals surface area (Å²) >= 11 is 6.38. The molecule has 2 amide bonds. The molecule has 1 fully saturated rings. The van der Waals surface area contributed by atoms with Gasteiger partial charge in [-0.1, -0.05) is 18.2 Å². The molecule has 2 heterocycles. The zero-order chi connectivity index (χ0) is 29.0. The van der Waals surface area contributed by atoms with Crippen molar-refractivity contribution in [2.75, 3.05) is 30.5 Å². The highest BCUT2D eigenvalue weighted by atomic mass is 35.5. The van der Waals surface area contributed by atoms with Crippen LogP contribution in [0.15, 0.2) is 53.8 Å². The molecule has 9 heteroatoms. The van der Waals surface area contributed by atoms with Gasteiger partial charge in [0.05, 0.1) is 0 Å². The summed E-state index contributed by atoms with van der Waals surface area (Å²) in [6.45, 7) is 10.6. The standard InChI is InChI=1S/C31H35ClN4O4/c1-6-29(37)35-27-8-7-22(32)16-25(27)21-14-24(20(4)28(15-21)36(5)23-9-11-40-12-10-23)30(38)33-17-26-18(2)13-19(3)34-31(26)39/h6-8,13-16,23H,1,9-12,17H2,2-5H3,(H,33,38)(H,34,39)(H,35,37). The molecule has 40 heavy (non-hydrogen) atoms. The van der Waals surface area contributed by atoms with Gasteiger partial charge in [-0.2, -0.15) is 0 Å². The van der Waals surface area contributed by atoms with Crippen LogP contribution >= 0.6 is 11.6 Å². The van der Waals surface area contributed by atoms with Crippen LogP contribution < -0.4 is 21.1 Å². The molecule has 1 saturated heterocycles. The minimum Gasteiger partial charge on any atom is -0.381 e. The number of hydrogen-bond donors (Lipinski definition) is 3. The minimum absolute atomic E-state index is 0.0902. The topological polar surface area (TPSA) is 104 Å². The maximum Gasteiger partial charge on any atom is 0.253 e. The predicted molar refractivity (Wildman–Crippen MR) is 160 cm³/mol. The second-order valence-corrected chi connectivity index (χ2v) is 10.6. The molecule has 2 aromatic carbocycles. The fourth-order valence-corrected chi connectivity index (χ4v) is 5.31. The fourth-order valence-electron chi connectivity index (χ4n) is 5.14. The van der Waals surface area contributed by atoms with Crippen LogP contribution in [0.25, 0.3) is 11.1 Å². The predicted octanol–water partition coefficient (Wildman–Crippen LogP) is 5.29. The number of halogens is 1. The maximum atomic E-state index is 13.7. The van der Waals surface area contributed by atoms with Gasteiger partial charge >= 0.3 is 0 Å². The quantitative estimate of drug-likeness (QED) is 0.324. The number of carbonyl (C=O) groups is 2. The van der Waals surface area contributed by atoms with E-state index < -0.39 is 0 Å². The van der Waals surface area contributed by atoms with Crippen molar-refractivity contribution in [3.63, 3.8) is 0 Å². The highest BCUT2D eigenvalue weighted by Crippen LogP contribution is 2.37. The van der Waals surface area contributed by atoms with Gasteiger partial charge in [0.2, 0.25) is 5.91 Å². The zero-order valence-electron chi connectivity index (χ0n) is 23.3. The van der Waals surface area contributed by atoms with E-state index in [9.17, 15) is 14.4 Å². The number of aryl methyl sites for hydroxylation is 2. The van der Waals surface area contributed by atoms with Crippen molar-refractivity contribution in [1.82, 2.24) is 10.3 Å². The Morgan fingerprint density at radius 1 is 1.15 bits per heavy atom. The second-order valence-electron chi connectivity index (χ2n) is 10.1. The lowest BCUT2D eigenvalue weighted by Gasteiger charge is -2.34. The van der Waals surface area contributed by atoms with Gasteiger partial charge in [0.25, 0.3) is 11.5 Å². The lowest BCUT2D eigenvalue weighted by atomic mass is 9.94. The molecule has 0 spiro atoms. The number of nitrogens with one attached hydrogen (secondary N) is 3. The van der Waals surface area contributed by atoms with Gasteiger partial charge in [-0.15, -0.1) is 0 Å². The molecule has 0 unspecified atom stereocenters. The van der Waals surface area contributed by atoms with Crippen LogP contribution in [-0.4, -0.2) is 43.1 Å². The zero-order valence-corrected chi connectivity index (χ0v) is 24.1. The highest BCUT2D eigenvalue weighted by molar-refractivity contribution is 6.31. The van der Waals surface area contributed by atoms with Gasteiger partial charge < -0.3 is 25.3 Å². The molecule has 0 radical (unpaired) electrons. The number of aromatic nitrogens is 1. The number of rotatable bonds is 8. The molecular weight excluding hydrogens is 528 g/mol. The summed E-state index contributed by atoms with van der Waals surface area (Å²) in [4.78, 5) is 43.4. The van der Waals surface area contributed by atoms with E-state index in [4.69, 9.17) is 16.3 Å². The lowest BCUT2D eigenvalue weighted by molar-refractivity contribution is -0.111. The Morgan fingerprint density at radius 2 is 1.88 bits per heavy atom. The molecular formula is C31H35ClN4O4. The first-order chi connectivity index (χ1) is 19.1. The third kappa shape index (κ3) is 6.46. The number of carbonyl (C=O) groups excluding carboxylic acids is 2. The van der Waals surface area contributed by atoms with Crippen LogP contribution in [0, 0.1) is 20.8 Å². The minimum atomic E-state index is -0.355. The fraction of sp³-hybridized carbons (Fsp3) is 0.323. The van der Waals surface area contributed by atoms with Crippen molar-refractivity contribution in [2.24, 2.45) is 0 Å². The molecule has 8 nitrogen and oxygen atoms in total. The molecule has 1 aromatic heterocycles. The van der Waals surface area contributed by atoms with E-state index in [0.29, 0.717) is 40.6 Å². The van der Waals surface area contributed by atoms with E-state index in [0.717, 1.165) is 40.9 Å². The van der Waals surface area contributed by atoms with Gasteiger partial charge in [-0.25, -0.2) is 0 Å². The molecule has 0 atom stereocenters. The molecule has 4 rings (SSSR count). The van der Waals surface area contributed by atoms with Gasteiger partial charge in [0.15, 0.2) is 0 Å². The van der Waals surface area contributed by atoms with Gasteiger partial charge in [-0.3, -0.25) is 14.4 Å². The Bertz CT molecular complexity index is 1510. The van der Waals surface area contributed by atoms with Crippen LogP contribution in [0.4, 0.5) is 11.4 Å². The average Bonchev–Trinajstić information content (AvgIpc) is 2.93. The molecule has 210 valence electrons. The summed E-state index contributed by atoms with van der Waals surface area (Å²) < 4.78 is 5.57. The van der Waals surface area contributed by atoms with E-state index in [1.807, 2.05) is 40.0 Å². The van der Waals surface area contributed by atoms with Crippen LogP contribution in [0.3, 0.4) is 0 Å². The number of ether oxygens (including phenoxy) is 1. The second kappa shape index (κ2) is 12.5. The Balaban J connectivity index is 1.79. The smallest absolute Gasteiger partial charge is 0.253 e. The molecule has 3 N–H and O–H groups in total. The molecule has 0 saturated carbocycles. The van der Waals surface area contributed by atoms with Crippen molar-refractivity contribution in [3.8, 4) is 11.1 Å². The molecule has 3 aromatic rings. The Labute approximate surface area is 239 Å². The van der Waals surface area contributed by atoms with E-state index in [1.54, 1.807) is 24.3 Å². The van der Waals surface area contributed by atoms with E-state index in [2.05, 4.69) is 27.1 Å². The first-order valence-corrected chi connectivity index (χ1v) is 13.6. The van der Waals surface area contributed by atoms with Gasteiger partial charge in [0, 0.05) is 71.6 Å². The van der Waals surface area contributed by atoms with E-state index in [-0.39, 0.29) is 30.0 Å². The molecule has 0 bridgehead atoms. The van der Waals surface area contributed by atoms with Crippen molar-refractivity contribution in [2.45, 2.75) is 46.2 Å². The van der Waals surface area contributed by atoms with Crippen LogP contribution in [-0.2, 0) is 16.1 Å². The summed E-state index contributed by atoms with van der Waals surface area (Å²) in [6, 6.07) is 11.1. The average molecular weight is 563 g/mol. The Kier molecular flexibility index (Phi) is 9.12. The Morgan fingerprint density at radius 3 is 2.55 bits per heavy atom. The van der Waals surface area contributed by atoms with Crippen LogP contribution in [0.2, 0.25) is 5.02 Å². The summed E-state index contributed by atoms with van der Waals surface area (Å²) in [7, 11) is 2.03. The first-order valence-electron chi connectivity index (χ1n) is 13.2. The normalized spacial score (nSPS) is 13.5. The molecule has 0 aliphatic carbocycles. The maximum absolute atomic E-state index is 13.7. The number of hydrogen-bond acceptors (Lipinski definition) is 5. The SMILES string of the molecule is C=CC(=O)Nc1ccc(Cl)cc1-c1cc(C(=O)NCc2c(C)cc(C)[nH]c2=O)c(C)c(N(C)C2CCOCC2)c1. The van der Waals surface area contributed by atoms with Crippen molar-refractivity contribution in [3.05, 3.63) is 92.4 Å². The number of benzene rings is 2. The molecule has 1 aliphatic heterocycles. The first kappa shape index (κ1) is 29.1. The monoisotopic (exact) mass is 562 g/mol. The third-order valence-corrected chi connectivity index (χ3v) is 7.63. The number of H-pyrrole nitrogens is 1. The number of nitrogens with zero attached hydrogens (tertiary/aromatic N) is 1. The van der Waals surface area contributed by atoms with Gasteiger partial charge in [0.1, 0.15) is 0 Å². The summed E-state index contributed by atoms with van der Waals surface area (Å²) in [5.41, 5.74) is 5.97.